The molecule has 19 heavy (non-hydrogen) atoms. The number of aryl methyl sites for hydroxylation is 1. The van der Waals surface area contributed by atoms with Crippen molar-refractivity contribution in [1.29, 1.82) is 0 Å². The molecule has 0 fully saturated rings. The molecule has 0 aliphatic carbocycles. The fourth-order valence-corrected chi connectivity index (χ4v) is 2.47. The van der Waals surface area contributed by atoms with E-state index in [2.05, 4.69) is 61.1 Å². The van der Waals surface area contributed by atoms with Crippen molar-refractivity contribution in [3.63, 3.8) is 0 Å². The lowest BCUT2D eigenvalue weighted by Gasteiger charge is -2.09. The van der Waals surface area contributed by atoms with E-state index in [0.29, 0.717) is 0 Å². The summed E-state index contributed by atoms with van der Waals surface area (Å²) in [6.07, 6.45) is 4.79. The smallest absolute Gasteiger partial charge is 0.0483 e. The highest BCUT2D eigenvalue weighted by Gasteiger charge is 2.03. The van der Waals surface area contributed by atoms with Crippen molar-refractivity contribution >= 4 is 10.9 Å². The maximum Gasteiger partial charge on any atom is 0.0483 e. The lowest BCUT2D eigenvalue weighted by Crippen LogP contribution is -2.11. The minimum atomic E-state index is 0.797. The second kappa shape index (κ2) is 6.76. The van der Waals surface area contributed by atoms with Crippen LogP contribution in [-0.4, -0.2) is 11.1 Å². The van der Waals surface area contributed by atoms with Crippen LogP contribution in [0.3, 0.4) is 0 Å². The second-order valence-electron chi connectivity index (χ2n) is 5.72. The third-order valence-electron chi connectivity index (χ3n) is 3.60. The lowest BCUT2D eigenvalue weighted by atomic mass is 10.1. The molecular weight excluding hydrogens is 232 g/mol. The Kier molecular flexibility index (Phi) is 5.03. The van der Waals surface area contributed by atoms with E-state index in [1.807, 2.05) is 0 Å². The molecule has 1 heterocycles. The van der Waals surface area contributed by atoms with Crippen molar-refractivity contribution in [2.45, 2.75) is 46.7 Å². The second-order valence-corrected chi connectivity index (χ2v) is 5.72. The molecule has 2 rings (SSSR count). The normalized spacial score (nSPS) is 11.6. The van der Waals surface area contributed by atoms with Crippen LogP contribution in [-0.2, 0) is 13.1 Å². The number of aromatic nitrogens is 1. The van der Waals surface area contributed by atoms with Gasteiger partial charge in [0.25, 0.3) is 0 Å². The van der Waals surface area contributed by atoms with E-state index in [1.165, 1.54) is 29.3 Å². The zero-order chi connectivity index (χ0) is 13.7. The largest absolute Gasteiger partial charge is 0.347 e. The van der Waals surface area contributed by atoms with Crippen LogP contribution >= 0.6 is 0 Å². The van der Waals surface area contributed by atoms with Crippen LogP contribution < -0.4 is 5.32 Å². The molecule has 0 aliphatic heterocycles. The Morgan fingerprint density at radius 1 is 1.21 bits per heavy atom. The van der Waals surface area contributed by atoms with E-state index < -0.39 is 0 Å². The number of hydrogen-bond donors (Lipinski definition) is 1. The number of nitrogens with one attached hydrogen (secondary N) is 1. The minimum absolute atomic E-state index is 0.797. The van der Waals surface area contributed by atoms with Gasteiger partial charge in [0.2, 0.25) is 0 Å². The fraction of sp³-hybridized carbons (Fsp3) is 0.529. The number of fused-ring (bicyclic) bond motifs is 1. The molecule has 104 valence electrons. The van der Waals surface area contributed by atoms with Gasteiger partial charge in [-0.3, -0.25) is 0 Å². The molecule has 0 aliphatic rings. The van der Waals surface area contributed by atoms with Gasteiger partial charge in [-0.05, 0) is 48.4 Å². The maximum atomic E-state index is 3.39. The molecule has 0 saturated carbocycles. The first-order valence-electron chi connectivity index (χ1n) is 7.49. The van der Waals surface area contributed by atoms with Gasteiger partial charge >= 0.3 is 0 Å². The molecule has 0 radical (unpaired) electrons. The fourth-order valence-electron chi connectivity index (χ4n) is 2.47. The van der Waals surface area contributed by atoms with Gasteiger partial charge in [0.05, 0.1) is 0 Å². The summed E-state index contributed by atoms with van der Waals surface area (Å²) in [5.41, 5.74) is 2.75. The molecule has 0 amide bonds. The zero-order valence-corrected chi connectivity index (χ0v) is 12.4. The van der Waals surface area contributed by atoms with Crippen molar-refractivity contribution in [3.8, 4) is 0 Å². The molecule has 0 atom stereocenters. The van der Waals surface area contributed by atoms with Crippen LogP contribution in [0.25, 0.3) is 10.9 Å². The quantitative estimate of drug-likeness (QED) is 0.788. The SMILES string of the molecule is CCNCc1ccc2ccn(CCCC(C)C)c2c1. The highest BCUT2D eigenvalue weighted by atomic mass is 14.9. The molecule has 0 bridgehead atoms. The molecule has 0 unspecified atom stereocenters. The zero-order valence-electron chi connectivity index (χ0n) is 12.4. The van der Waals surface area contributed by atoms with E-state index in [0.717, 1.165) is 25.6 Å². The van der Waals surface area contributed by atoms with E-state index >= 15 is 0 Å². The van der Waals surface area contributed by atoms with Crippen LogP contribution in [0.5, 0.6) is 0 Å². The number of benzene rings is 1. The summed E-state index contributed by atoms with van der Waals surface area (Å²) in [6, 6.07) is 9.01. The molecule has 1 N–H and O–H groups in total. The maximum absolute atomic E-state index is 3.39. The van der Waals surface area contributed by atoms with Crippen LogP contribution in [0.1, 0.15) is 39.2 Å². The van der Waals surface area contributed by atoms with Gasteiger partial charge in [-0.1, -0.05) is 32.9 Å². The predicted molar refractivity (Wildman–Crippen MR) is 83.4 cm³/mol. The average molecular weight is 258 g/mol. The summed E-state index contributed by atoms with van der Waals surface area (Å²) in [7, 11) is 0. The van der Waals surface area contributed by atoms with Crippen LogP contribution in [0, 0.1) is 5.92 Å². The van der Waals surface area contributed by atoms with Gasteiger partial charge in [-0.25, -0.2) is 0 Å². The molecule has 2 heteroatoms. The van der Waals surface area contributed by atoms with Crippen LogP contribution in [0.4, 0.5) is 0 Å². The van der Waals surface area contributed by atoms with Crippen LogP contribution in [0.15, 0.2) is 30.5 Å². The van der Waals surface area contributed by atoms with Gasteiger partial charge in [-0.2, -0.15) is 0 Å². The average Bonchev–Trinajstić information content (AvgIpc) is 2.79. The Bertz CT molecular complexity index is 511. The molecular formula is C17H26N2. The van der Waals surface area contributed by atoms with E-state index in [1.54, 1.807) is 0 Å². The third kappa shape index (κ3) is 3.84. The Hall–Kier alpha value is -1.28. The molecule has 2 aromatic rings. The first-order chi connectivity index (χ1) is 9.20. The van der Waals surface area contributed by atoms with E-state index in [-0.39, 0.29) is 0 Å². The predicted octanol–water partition coefficient (Wildman–Crippen LogP) is 4.19. The highest BCUT2D eigenvalue weighted by molar-refractivity contribution is 5.80. The van der Waals surface area contributed by atoms with Gasteiger partial charge in [0.15, 0.2) is 0 Å². The Labute approximate surface area is 116 Å². The van der Waals surface area contributed by atoms with E-state index in [9.17, 15) is 0 Å². The topological polar surface area (TPSA) is 17.0 Å². The van der Waals surface area contributed by atoms with Gasteiger partial charge in [0, 0.05) is 24.8 Å². The Balaban J connectivity index is 2.10. The molecule has 1 aromatic carbocycles. The number of hydrogen-bond acceptors (Lipinski definition) is 1. The third-order valence-corrected chi connectivity index (χ3v) is 3.60. The van der Waals surface area contributed by atoms with E-state index in [4.69, 9.17) is 0 Å². The number of rotatable bonds is 7. The van der Waals surface area contributed by atoms with Crippen molar-refractivity contribution < 1.29 is 0 Å². The monoisotopic (exact) mass is 258 g/mol. The molecule has 0 saturated heterocycles. The summed E-state index contributed by atoms with van der Waals surface area (Å²) in [5.74, 6) is 0.797. The van der Waals surface area contributed by atoms with Gasteiger partial charge in [0.1, 0.15) is 0 Å². The minimum Gasteiger partial charge on any atom is -0.347 e. The first-order valence-corrected chi connectivity index (χ1v) is 7.49. The van der Waals surface area contributed by atoms with Gasteiger partial charge < -0.3 is 9.88 Å². The highest BCUT2D eigenvalue weighted by Crippen LogP contribution is 2.19. The summed E-state index contributed by atoms with van der Waals surface area (Å²) in [4.78, 5) is 0. The van der Waals surface area contributed by atoms with Crippen molar-refractivity contribution in [2.24, 2.45) is 5.92 Å². The van der Waals surface area contributed by atoms with Crippen molar-refractivity contribution in [3.05, 3.63) is 36.0 Å². The summed E-state index contributed by atoms with van der Waals surface area (Å²) in [6.45, 7) is 9.85. The van der Waals surface area contributed by atoms with Crippen LogP contribution in [0.2, 0.25) is 0 Å². The number of nitrogens with zero attached hydrogens (tertiary/aromatic N) is 1. The van der Waals surface area contributed by atoms with Crippen molar-refractivity contribution in [1.82, 2.24) is 9.88 Å². The van der Waals surface area contributed by atoms with Gasteiger partial charge in [-0.15, -0.1) is 0 Å². The first kappa shape index (κ1) is 14.1. The van der Waals surface area contributed by atoms with Crippen molar-refractivity contribution in [2.75, 3.05) is 6.54 Å². The summed E-state index contributed by atoms with van der Waals surface area (Å²) >= 11 is 0. The molecule has 0 spiro atoms. The Morgan fingerprint density at radius 3 is 2.79 bits per heavy atom. The lowest BCUT2D eigenvalue weighted by molar-refractivity contribution is 0.517. The Morgan fingerprint density at radius 2 is 2.05 bits per heavy atom. The molecule has 1 aromatic heterocycles. The summed E-state index contributed by atoms with van der Waals surface area (Å²) in [5, 5.41) is 4.74. The summed E-state index contributed by atoms with van der Waals surface area (Å²) < 4.78 is 2.40. The molecule has 2 nitrogen and oxygen atoms in total. The standard InChI is InChI=1S/C17H26N2/c1-4-18-13-15-7-8-16-9-11-19(17(16)12-15)10-5-6-14(2)3/h7-9,11-12,14,18H,4-6,10,13H2,1-3H3.